The van der Waals surface area contributed by atoms with Gasteiger partial charge in [-0.3, -0.25) is 0 Å². The molecule has 0 atom stereocenters. The molecule has 1 heterocycles. The fourth-order valence-corrected chi connectivity index (χ4v) is 1.88. The Morgan fingerprint density at radius 2 is 2.24 bits per heavy atom. The lowest BCUT2D eigenvalue weighted by molar-refractivity contribution is 0.302. The predicted octanol–water partition coefficient (Wildman–Crippen LogP) is 1.88. The molecule has 17 heavy (non-hydrogen) atoms. The second kappa shape index (κ2) is 7.45. The summed E-state index contributed by atoms with van der Waals surface area (Å²) in [4.78, 5) is 10.6. The summed E-state index contributed by atoms with van der Waals surface area (Å²) in [5.41, 5.74) is 0. The quantitative estimate of drug-likeness (QED) is 0.805. The van der Waals surface area contributed by atoms with Crippen molar-refractivity contribution in [3.05, 3.63) is 10.7 Å². The Balaban J connectivity index is 2.87. The summed E-state index contributed by atoms with van der Waals surface area (Å²) in [6.07, 6.45) is 2.77. The molecule has 6 heteroatoms. The minimum Gasteiger partial charge on any atom is -0.395 e. The van der Waals surface area contributed by atoms with Crippen LogP contribution in [0.25, 0.3) is 0 Å². The molecule has 96 valence electrons. The first kappa shape index (κ1) is 14.2. The lowest BCUT2D eigenvalue weighted by atomic mass is 10.4. The summed E-state index contributed by atoms with van der Waals surface area (Å²) in [6.45, 7) is 6.46. The molecule has 0 aromatic carbocycles. The van der Waals surface area contributed by atoms with E-state index >= 15 is 0 Å². The average molecular weight is 303 g/mol. The smallest absolute Gasteiger partial charge is 0.224 e. The Labute approximate surface area is 110 Å². The van der Waals surface area contributed by atoms with Gasteiger partial charge in [-0.25, -0.2) is 4.98 Å². The summed E-state index contributed by atoms with van der Waals surface area (Å²) in [7, 11) is 0. The number of nitrogens with zero attached hydrogens (tertiary/aromatic N) is 3. The Morgan fingerprint density at radius 3 is 2.82 bits per heavy atom. The van der Waals surface area contributed by atoms with Crippen molar-refractivity contribution in [1.29, 1.82) is 0 Å². The van der Waals surface area contributed by atoms with Crippen molar-refractivity contribution in [2.24, 2.45) is 0 Å². The number of aliphatic hydroxyl groups excluding tert-OH is 1. The highest BCUT2D eigenvalue weighted by atomic mass is 79.9. The molecule has 0 aliphatic heterocycles. The number of nitrogens with one attached hydrogen (secondary N) is 1. The molecule has 0 unspecified atom stereocenters. The van der Waals surface area contributed by atoms with Gasteiger partial charge in [0.05, 0.1) is 11.1 Å². The SMILES string of the molecule is CCCNc1ncc(Br)c(N(CC)CCO)n1. The maximum atomic E-state index is 9.01. The van der Waals surface area contributed by atoms with Crippen molar-refractivity contribution in [2.75, 3.05) is 36.5 Å². The van der Waals surface area contributed by atoms with Gasteiger partial charge in [0.15, 0.2) is 0 Å². The number of hydrogen-bond acceptors (Lipinski definition) is 5. The Kier molecular flexibility index (Phi) is 6.21. The van der Waals surface area contributed by atoms with E-state index in [9.17, 15) is 0 Å². The van der Waals surface area contributed by atoms with Gasteiger partial charge < -0.3 is 15.3 Å². The summed E-state index contributed by atoms with van der Waals surface area (Å²) in [6, 6.07) is 0. The Bertz CT molecular complexity index is 348. The zero-order valence-electron chi connectivity index (χ0n) is 10.3. The minimum atomic E-state index is 0.113. The standard InChI is InChI=1S/C11H19BrN4O/c1-3-5-13-11-14-8-9(12)10(15-11)16(4-2)6-7-17/h8,17H,3-7H2,1-2H3,(H,13,14,15). The third-order valence-electron chi connectivity index (χ3n) is 2.31. The maximum absolute atomic E-state index is 9.01. The largest absolute Gasteiger partial charge is 0.395 e. The monoisotopic (exact) mass is 302 g/mol. The number of hydrogen-bond donors (Lipinski definition) is 2. The maximum Gasteiger partial charge on any atom is 0.224 e. The van der Waals surface area contributed by atoms with E-state index in [0.29, 0.717) is 12.5 Å². The second-order valence-corrected chi connectivity index (χ2v) is 4.45. The molecule has 0 saturated heterocycles. The number of aromatic nitrogens is 2. The van der Waals surface area contributed by atoms with Gasteiger partial charge in [0, 0.05) is 25.8 Å². The number of aliphatic hydroxyl groups is 1. The fourth-order valence-electron chi connectivity index (χ4n) is 1.44. The van der Waals surface area contributed by atoms with Crippen LogP contribution >= 0.6 is 15.9 Å². The third kappa shape index (κ3) is 4.12. The van der Waals surface area contributed by atoms with E-state index in [2.05, 4.69) is 38.1 Å². The van der Waals surface area contributed by atoms with Crippen LogP contribution in [-0.2, 0) is 0 Å². The van der Waals surface area contributed by atoms with Crippen LogP contribution in [0.4, 0.5) is 11.8 Å². The van der Waals surface area contributed by atoms with Crippen LogP contribution in [0.2, 0.25) is 0 Å². The minimum absolute atomic E-state index is 0.113. The van der Waals surface area contributed by atoms with E-state index in [0.717, 1.165) is 29.8 Å². The fraction of sp³-hybridized carbons (Fsp3) is 0.636. The lowest BCUT2D eigenvalue weighted by Crippen LogP contribution is -2.27. The molecule has 0 aliphatic rings. The molecule has 5 nitrogen and oxygen atoms in total. The van der Waals surface area contributed by atoms with Gasteiger partial charge >= 0.3 is 0 Å². The molecule has 2 N–H and O–H groups in total. The van der Waals surface area contributed by atoms with Crippen LogP contribution in [0, 0.1) is 0 Å². The van der Waals surface area contributed by atoms with Crippen molar-refractivity contribution in [1.82, 2.24) is 9.97 Å². The molecular formula is C11H19BrN4O. The first-order valence-electron chi connectivity index (χ1n) is 5.85. The van der Waals surface area contributed by atoms with Gasteiger partial charge in [0.2, 0.25) is 5.95 Å². The summed E-state index contributed by atoms with van der Waals surface area (Å²) in [5, 5.41) is 12.2. The predicted molar refractivity (Wildman–Crippen MR) is 73.5 cm³/mol. The summed E-state index contributed by atoms with van der Waals surface area (Å²) < 4.78 is 0.842. The van der Waals surface area contributed by atoms with Crippen molar-refractivity contribution < 1.29 is 5.11 Å². The van der Waals surface area contributed by atoms with Crippen molar-refractivity contribution >= 4 is 27.7 Å². The summed E-state index contributed by atoms with van der Waals surface area (Å²) >= 11 is 3.43. The van der Waals surface area contributed by atoms with E-state index < -0.39 is 0 Å². The van der Waals surface area contributed by atoms with E-state index in [-0.39, 0.29) is 6.61 Å². The molecular weight excluding hydrogens is 284 g/mol. The average Bonchev–Trinajstić information content (AvgIpc) is 2.35. The molecule has 0 aliphatic carbocycles. The van der Waals surface area contributed by atoms with Crippen LogP contribution in [-0.4, -0.2) is 41.3 Å². The highest BCUT2D eigenvalue weighted by Crippen LogP contribution is 2.23. The molecule has 0 radical (unpaired) electrons. The lowest BCUT2D eigenvalue weighted by Gasteiger charge is -2.22. The first-order chi connectivity index (χ1) is 8.22. The van der Waals surface area contributed by atoms with Crippen molar-refractivity contribution in [2.45, 2.75) is 20.3 Å². The molecule has 0 amide bonds. The number of rotatable bonds is 7. The van der Waals surface area contributed by atoms with Crippen molar-refractivity contribution in [3.8, 4) is 0 Å². The third-order valence-corrected chi connectivity index (χ3v) is 2.87. The van der Waals surface area contributed by atoms with Crippen LogP contribution in [0.3, 0.4) is 0 Å². The number of halogens is 1. The summed E-state index contributed by atoms with van der Waals surface area (Å²) in [5.74, 6) is 1.44. The van der Waals surface area contributed by atoms with E-state index in [1.807, 2.05) is 11.8 Å². The molecule has 1 aromatic heterocycles. The van der Waals surface area contributed by atoms with Crippen molar-refractivity contribution in [3.63, 3.8) is 0 Å². The number of likely N-dealkylation sites (N-methyl/N-ethyl adjacent to an activating group) is 1. The first-order valence-corrected chi connectivity index (χ1v) is 6.64. The van der Waals surface area contributed by atoms with Gasteiger partial charge in [-0.2, -0.15) is 4.98 Å². The number of anilines is 2. The molecule has 0 bridgehead atoms. The van der Waals surface area contributed by atoms with Crippen LogP contribution < -0.4 is 10.2 Å². The van der Waals surface area contributed by atoms with Crippen LogP contribution in [0.1, 0.15) is 20.3 Å². The van der Waals surface area contributed by atoms with Crippen LogP contribution in [0.15, 0.2) is 10.7 Å². The zero-order valence-corrected chi connectivity index (χ0v) is 11.9. The molecule has 0 saturated carbocycles. The van der Waals surface area contributed by atoms with E-state index in [1.165, 1.54) is 0 Å². The molecule has 1 aromatic rings. The van der Waals surface area contributed by atoms with Crippen LogP contribution in [0.5, 0.6) is 0 Å². The topological polar surface area (TPSA) is 61.3 Å². The van der Waals surface area contributed by atoms with Gasteiger partial charge in [0.1, 0.15) is 5.82 Å². The van der Waals surface area contributed by atoms with Gasteiger partial charge in [0.25, 0.3) is 0 Å². The van der Waals surface area contributed by atoms with Gasteiger partial charge in [-0.1, -0.05) is 6.92 Å². The highest BCUT2D eigenvalue weighted by Gasteiger charge is 2.11. The van der Waals surface area contributed by atoms with E-state index in [1.54, 1.807) is 6.20 Å². The zero-order chi connectivity index (χ0) is 12.7. The molecule has 0 spiro atoms. The Hall–Kier alpha value is -0.880. The van der Waals surface area contributed by atoms with Gasteiger partial charge in [-0.15, -0.1) is 0 Å². The normalized spacial score (nSPS) is 10.4. The molecule has 0 fully saturated rings. The molecule has 1 rings (SSSR count). The highest BCUT2D eigenvalue weighted by molar-refractivity contribution is 9.10. The van der Waals surface area contributed by atoms with E-state index in [4.69, 9.17) is 5.11 Å². The second-order valence-electron chi connectivity index (χ2n) is 3.60. The Morgan fingerprint density at radius 1 is 1.47 bits per heavy atom. The van der Waals surface area contributed by atoms with Gasteiger partial charge in [-0.05, 0) is 29.3 Å².